The van der Waals surface area contributed by atoms with Gasteiger partial charge < -0.3 is 10.1 Å². The standard InChI is InChI=1S/C26H29N5O3/c1-18(2)34-26(33)20-7-5-6-19(14-20)24-28-15-21(16-29-24)25(32)30-22-9-12-31(13-10-22)17-23-8-3-4-11-27-23/h3-8,11,14-16,18,22H,9-10,12-13,17H2,1-2H3,(H,30,32). The molecule has 34 heavy (non-hydrogen) atoms. The minimum Gasteiger partial charge on any atom is -0.459 e. The molecule has 0 unspecified atom stereocenters. The van der Waals surface area contributed by atoms with Crippen LogP contribution in [-0.4, -0.2) is 57.0 Å². The summed E-state index contributed by atoms with van der Waals surface area (Å²) in [6.45, 7) is 6.26. The van der Waals surface area contributed by atoms with Crippen LogP contribution in [0.5, 0.6) is 0 Å². The van der Waals surface area contributed by atoms with Gasteiger partial charge in [-0.15, -0.1) is 0 Å². The van der Waals surface area contributed by atoms with Crippen molar-refractivity contribution >= 4 is 11.9 Å². The summed E-state index contributed by atoms with van der Waals surface area (Å²) >= 11 is 0. The predicted octanol–water partition coefficient (Wildman–Crippen LogP) is 3.50. The Bertz CT molecular complexity index is 1110. The van der Waals surface area contributed by atoms with Crippen molar-refractivity contribution in [2.24, 2.45) is 0 Å². The number of rotatable bonds is 7. The molecule has 1 N–H and O–H groups in total. The van der Waals surface area contributed by atoms with Gasteiger partial charge in [0.1, 0.15) is 0 Å². The number of ether oxygens (including phenoxy) is 1. The fraction of sp³-hybridized carbons (Fsp3) is 0.346. The summed E-state index contributed by atoms with van der Waals surface area (Å²) in [5.41, 5.74) is 2.59. The molecule has 4 rings (SSSR count). The van der Waals surface area contributed by atoms with E-state index in [-0.39, 0.29) is 24.0 Å². The molecule has 0 saturated carbocycles. The van der Waals surface area contributed by atoms with Gasteiger partial charge in [0.25, 0.3) is 5.91 Å². The zero-order valence-electron chi connectivity index (χ0n) is 19.5. The molecule has 3 aromatic rings. The third-order valence-corrected chi connectivity index (χ3v) is 5.65. The summed E-state index contributed by atoms with van der Waals surface area (Å²) in [6.07, 6.45) is 6.43. The summed E-state index contributed by atoms with van der Waals surface area (Å²) in [5.74, 6) is -0.124. The molecule has 176 valence electrons. The lowest BCUT2D eigenvalue weighted by molar-refractivity contribution is 0.0378. The summed E-state index contributed by atoms with van der Waals surface area (Å²) in [4.78, 5) is 40.3. The molecule has 1 saturated heterocycles. The average Bonchev–Trinajstić information content (AvgIpc) is 2.85. The highest BCUT2D eigenvalue weighted by atomic mass is 16.5. The van der Waals surface area contributed by atoms with E-state index in [1.807, 2.05) is 30.5 Å². The number of benzene rings is 1. The van der Waals surface area contributed by atoms with Crippen molar-refractivity contribution in [1.29, 1.82) is 0 Å². The molecule has 0 atom stereocenters. The average molecular weight is 460 g/mol. The van der Waals surface area contributed by atoms with Crippen LogP contribution in [0.25, 0.3) is 11.4 Å². The highest BCUT2D eigenvalue weighted by Gasteiger charge is 2.22. The second-order valence-electron chi connectivity index (χ2n) is 8.68. The zero-order chi connectivity index (χ0) is 23.9. The first-order valence-corrected chi connectivity index (χ1v) is 11.5. The number of nitrogens with one attached hydrogen (secondary N) is 1. The lowest BCUT2D eigenvalue weighted by Crippen LogP contribution is -2.44. The monoisotopic (exact) mass is 459 g/mol. The van der Waals surface area contributed by atoms with E-state index in [9.17, 15) is 9.59 Å². The van der Waals surface area contributed by atoms with E-state index in [0.717, 1.165) is 38.2 Å². The smallest absolute Gasteiger partial charge is 0.338 e. The van der Waals surface area contributed by atoms with Crippen molar-refractivity contribution < 1.29 is 14.3 Å². The fourth-order valence-electron chi connectivity index (χ4n) is 3.89. The van der Waals surface area contributed by atoms with Crippen LogP contribution in [-0.2, 0) is 11.3 Å². The highest BCUT2D eigenvalue weighted by Crippen LogP contribution is 2.18. The van der Waals surface area contributed by atoms with Gasteiger partial charge in [0, 0.05) is 49.8 Å². The molecule has 1 amide bonds. The third kappa shape index (κ3) is 6.23. The minimum absolute atomic E-state index is 0.121. The highest BCUT2D eigenvalue weighted by molar-refractivity contribution is 5.94. The Balaban J connectivity index is 1.31. The van der Waals surface area contributed by atoms with Gasteiger partial charge >= 0.3 is 5.97 Å². The third-order valence-electron chi connectivity index (χ3n) is 5.65. The molecule has 0 bridgehead atoms. The first kappa shape index (κ1) is 23.5. The van der Waals surface area contributed by atoms with Crippen molar-refractivity contribution in [2.75, 3.05) is 13.1 Å². The first-order valence-electron chi connectivity index (χ1n) is 11.5. The number of nitrogens with zero attached hydrogens (tertiary/aromatic N) is 4. The Morgan fingerprint density at radius 3 is 2.47 bits per heavy atom. The molecule has 0 aliphatic carbocycles. The van der Waals surface area contributed by atoms with Gasteiger partial charge in [-0.25, -0.2) is 14.8 Å². The Kier molecular flexibility index (Phi) is 7.59. The number of likely N-dealkylation sites (tertiary alicyclic amines) is 1. The van der Waals surface area contributed by atoms with E-state index in [0.29, 0.717) is 22.5 Å². The van der Waals surface area contributed by atoms with Crippen molar-refractivity contribution in [2.45, 2.75) is 45.4 Å². The SMILES string of the molecule is CC(C)OC(=O)c1cccc(-c2ncc(C(=O)NC3CCN(Cc4ccccn4)CC3)cn2)c1. The van der Waals surface area contributed by atoms with E-state index in [1.165, 1.54) is 12.4 Å². The number of hydrogen-bond acceptors (Lipinski definition) is 7. The Morgan fingerprint density at radius 1 is 1.03 bits per heavy atom. The fourth-order valence-corrected chi connectivity index (χ4v) is 3.89. The second-order valence-corrected chi connectivity index (χ2v) is 8.68. The van der Waals surface area contributed by atoms with Crippen LogP contribution in [0.1, 0.15) is 53.1 Å². The molecule has 1 aromatic carbocycles. The number of hydrogen-bond donors (Lipinski definition) is 1. The van der Waals surface area contributed by atoms with Crippen LogP contribution in [0.2, 0.25) is 0 Å². The van der Waals surface area contributed by atoms with E-state index >= 15 is 0 Å². The lowest BCUT2D eigenvalue weighted by Gasteiger charge is -2.32. The van der Waals surface area contributed by atoms with Gasteiger partial charge in [-0.05, 0) is 51.0 Å². The normalized spacial score (nSPS) is 14.7. The Morgan fingerprint density at radius 2 is 1.79 bits per heavy atom. The van der Waals surface area contributed by atoms with Gasteiger partial charge in [-0.3, -0.25) is 14.7 Å². The van der Waals surface area contributed by atoms with Gasteiger partial charge in [0.2, 0.25) is 0 Å². The zero-order valence-corrected chi connectivity index (χ0v) is 19.5. The predicted molar refractivity (Wildman–Crippen MR) is 128 cm³/mol. The van der Waals surface area contributed by atoms with Crippen LogP contribution in [0.4, 0.5) is 0 Å². The number of piperidine rings is 1. The molecule has 8 heteroatoms. The van der Waals surface area contributed by atoms with Crippen LogP contribution < -0.4 is 5.32 Å². The van der Waals surface area contributed by atoms with Crippen LogP contribution >= 0.6 is 0 Å². The summed E-state index contributed by atoms with van der Waals surface area (Å²) in [6, 6.07) is 13.0. The maximum atomic E-state index is 12.7. The molecule has 0 radical (unpaired) electrons. The van der Waals surface area contributed by atoms with Crippen molar-refractivity contribution in [1.82, 2.24) is 25.2 Å². The van der Waals surface area contributed by atoms with Crippen LogP contribution in [0.3, 0.4) is 0 Å². The van der Waals surface area contributed by atoms with E-state index in [2.05, 4.69) is 25.2 Å². The van der Waals surface area contributed by atoms with Gasteiger partial charge in [-0.1, -0.05) is 18.2 Å². The molecule has 3 heterocycles. The number of aromatic nitrogens is 3. The van der Waals surface area contributed by atoms with E-state index < -0.39 is 0 Å². The maximum absolute atomic E-state index is 12.7. The Labute approximate surface area is 199 Å². The molecular weight excluding hydrogens is 430 g/mol. The summed E-state index contributed by atoms with van der Waals surface area (Å²) < 4.78 is 5.25. The van der Waals surface area contributed by atoms with E-state index in [4.69, 9.17) is 4.74 Å². The van der Waals surface area contributed by atoms with Crippen molar-refractivity contribution in [3.63, 3.8) is 0 Å². The molecule has 2 aromatic heterocycles. The molecular formula is C26H29N5O3. The molecule has 8 nitrogen and oxygen atoms in total. The van der Waals surface area contributed by atoms with E-state index in [1.54, 1.807) is 32.0 Å². The van der Waals surface area contributed by atoms with Gasteiger partial charge in [0.15, 0.2) is 5.82 Å². The number of carbonyl (C=O) groups excluding carboxylic acids is 2. The second kappa shape index (κ2) is 11.0. The molecule has 1 aliphatic rings. The number of esters is 1. The summed E-state index contributed by atoms with van der Waals surface area (Å²) in [5, 5.41) is 3.10. The summed E-state index contributed by atoms with van der Waals surface area (Å²) in [7, 11) is 0. The largest absolute Gasteiger partial charge is 0.459 e. The quantitative estimate of drug-likeness (QED) is 0.540. The molecule has 1 aliphatic heterocycles. The van der Waals surface area contributed by atoms with Gasteiger partial charge in [0.05, 0.1) is 22.9 Å². The van der Waals surface area contributed by atoms with Crippen LogP contribution in [0.15, 0.2) is 61.1 Å². The number of amides is 1. The van der Waals surface area contributed by atoms with Crippen LogP contribution in [0, 0.1) is 0 Å². The molecule has 0 spiro atoms. The topological polar surface area (TPSA) is 97.3 Å². The first-order chi connectivity index (χ1) is 16.5. The maximum Gasteiger partial charge on any atom is 0.338 e. The molecule has 1 fully saturated rings. The lowest BCUT2D eigenvalue weighted by atomic mass is 10.0. The Hall–Kier alpha value is -3.65. The minimum atomic E-state index is -0.390. The van der Waals surface area contributed by atoms with Gasteiger partial charge in [-0.2, -0.15) is 0 Å². The van der Waals surface area contributed by atoms with Crippen molar-refractivity contribution in [3.05, 3.63) is 77.9 Å². The van der Waals surface area contributed by atoms with Crippen molar-refractivity contribution in [3.8, 4) is 11.4 Å². The number of carbonyl (C=O) groups is 2. The number of pyridine rings is 1.